The second-order valence-electron chi connectivity index (χ2n) is 2.82. The molecule has 0 radical (unpaired) electrons. The third-order valence-corrected chi connectivity index (χ3v) is 1.85. The molecule has 0 spiro atoms. The van der Waals surface area contributed by atoms with Crippen molar-refractivity contribution in [3.63, 3.8) is 0 Å². The molecule has 74 valence electrons. The number of cyclic esters (lactones) is 1. The van der Waals surface area contributed by atoms with Crippen molar-refractivity contribution >= 4 is 5.97 Å². The van der Waals surface area contributed by atoms with E-state index in [1.165, 1.54) is 0 Å². The van der Waals surface area contributed by atoms with Crippen molar-refractivity contribution in [2.24, 2.45) is 5.92 Å². The highest BCUT2D eigenvalue weighted by Gasteiger charge is 2.36. The number of carbonyl (C=O) groups is 1. The molecule has 1 heterocycles. The molecular formula is C9H14O4. The first-order valence-corrected chi connectivity index (χ1v) is 4.19. The second kappa shape index (κ2) is 4.99. The molecule has 0 aliphatic carbocycles. The highest BCUT2D eigenvalue weighted by atomic mass is 16.6. The first kappa shape index (κ1) is 10.2. The van der Waals surface area contributed by atoms with Crippen LogP contribution in [0.4, 0.5) is 0 Å². The largest absolute Gasteiger partial charge is 0.430 e. The quantitative estimate of drug-likeness (QED) is 0.469. The summed E-state index contributed by atoms with van der Waals surface area (Å²) in [5, 5.41) is 0. The highest BCUT2D eigenvalue weighted by Crippen LogP contribution is 2.26. The molecule has 4 nitrogen and oxygen atoms in total. The third kappa shape index (κ3) is 2.54. The van der Waals surface area contributed by atoms with E-state index in [1.54, 1.807) is 14.2 Å². The van der Waals surface area contributed by atoms with Gasteiger partial charge in [-0.2, -0.15) is 0 Å². The van der Waals surface area contributed by atoms with Gasteiger partial charge in [0.2, 0.25) is 0 Å². The van der Waals surface area contributed by atoms with Gasteiger partial charge < -0.3 is 14.2 Å². The van der Waals surface area contributed by atoms with Gasteiger partial charge in [-0.15, -0.1) is 0 Å². The number of esters is 1. The molecule has 0 unspecified atom stereocenters. The third-order valence-electron chi connectivity index (χ3n) is 1.85. The van der Waals surface area contributed by atoms with Crippen LogP contribution in [0.25, 0.3) is 0 Å². The summed E-state index contributed by atoms with van der Waals surface area (Å²) >= 11 is 0. The Kier molecular flexibility index (Phi) is 3.92. The summed E-state index contributed by atoms with van der Waals surface area (Å²) in [7, 11) is 3.20. The van der Waals surface area contributed by atoms with E-state index < -0.39 is 0 Å². The Morgan fingerprint density at radius 1 is 1.46 bits per heavy atom. The fraction of sp³-hybridized carbons (Fsp3) is 0.667. The maximum absolute atomic E-state index is 10.9. The zero-order chi connectivity index (χ0) is 9.68. The van der Waals surface area contributed by atoms with Gasteiger partial charge in [0.1, 0.15) is 11.7 Å². The van der Waals surface area contributed by atoms with E-state index in [0.717, 1.165) is 6.42 Å². The predicted molar refractivity (Wildman–Crippen MR) is 46.0 cm³/mol. The van der Waals surface area contributed by atoms with Crippen molar-refractivity contribution in [3.05, 3.63) is 11.8 Å². The summed E-state index contributed by atoms with van der Waals surface area (Å²) in [6, 6.07) is 0. The summed E-state index contributed by atoms with van der Waals surface area (Å²) in [5.41, 5.74) is 0. The van der Waals surface area contributed by atoms with Crippen molar-refractivity contribution in [1.82, 2.24) is 0 Å². The predicted octanol–water partition coefficient (Wildman–Crippen LogP) is 0.726. The van der Waals surface area contributed by atoms with Crippen LogP contribution in [0, 0.1) is 5.92 Å². The lowest BCUT2D eigenvalue weighted by Crippen LogP contribution is -2.35. The molecule has 1 aliphatic heterocycles. The monoisotopic (exact) mass is 186 g/mol. The van der Waals surface area contributed by atoms with Crippen molar-refractivity contribution in [3.8, 4) is 0 Å². The minimum Gasteiger partial charge on any atom is -0.430 e. The smallest absolute Gasteiger partial charge is 0.324 e. The van der Waals surface area contributed by atoms with E-state index >= 15 is 0 Å². The Bertz CT molecular complexity index is 210. The molecule has 0 bridgehead atoms. The summed E-state index contributed by atoms with van der Waals surface area (Å²) in [6.07, 6.45) is 2.63. The van der Waals surface area contributed by atoms with Crippen molar-refractivity contribution in [1.29, 1.82) is 0 Å². The Balaban J connectivity index is 2.34. The van der Waals surface area contributed by atoms with E-state index in [-0.39, 0.29) is 11.9 Å². The summed E-state index contributed by atoms with van der Waals surface area (Å²) in [4.78, 5) is 10.9. The fourth-order valence-electron chi connectivity index (χ4n) is 1.14. The minimum absolute atomic E-state index is 0.193. The molecule has 0 N–H and O–H groups in total. The van der Waals surface area contributed by atoms with Crippen LogP contribution in [0.3, 0.4) is 0 Å². The number of methoxy groups -OCH3 is 2. The molecular weight excluding hydrogens is 172 g/mol. The molecule has 1 aliphatic rings. The zero-order valence-corrected chi connectivity index (χ0v) is 7.91. The van der Waals surface area contributed by atoms with Crippen LogP contribution in [-0.2, 0) is 19.0 Å². The Morgan fingerprint density at radius 2 is 2.23 bits per heavy atom. The second-order valence-corrected chi connectivity index (χ2v) is 2.82. The molecule has 1 saturated heterocycles. The number of carbonyl (C=O) groups excluding carboxylic acids is 1. The zero-order valence-electron chi connectivity index (χ0n) is 7.91. The van der Waals surface area contributed by atoms with Crippen molar-refractivity contribution < 1.29 is 19.0 Å². The number of hydrogen-bond donors (Lipinski definition) is 0. The normalized spacial score (nSPS) is 24.3. The molecule has 0 aromatic rings. The van der Waals surface area contributed by atoms with Gasteiger partial charge >= 0.3 is 5.97 Å². The molecule has 0 aromatic carbocycles. The van der Waals surface area contributed by atoms with Gasteiger partial charge in [-0.3, -0.25) is 4.79 Å². The average Bonchev–Trinajstić information content (AvgIpc) is 2.13. The average molecular weight is 186 g/mol. The van der Waals surface area contributed by atoms with Crippen LogP contribution < -0.4 is 0 Å². The number of ether oxygens (including phenoxy) is 3. The van der Waals surface area contributed by atoms with Gasteiger partial charge in [-0.05, 0) is 12.5 Å². The van der Waals surface area contributed by atoms with Gasteiger partial charge in [0.25, 0.3) is 0 Å². The molecule has 0 saturated carbocycles. The summed E-state index contributed by atoms with van der Waals surface area (Å²) < 4.78 is 14.6. The van der Waals surface area contributed by atoms with Crippen LogP contribution in [-0.4, -0.2) is 33.4 Å². The molecule has 0 aromatic heterocycles. The standard InChI is InChI=1S/C9H14O4/c1-11-5-3-4-8-7(6-12-2)9(10)13-8/h4,7H,3,5-6H2,1-2H3/t7-/m0/s1. The molecule has 0 amide bonds. The maximum atomic E-state index is 10.9. The first-order valence-electron chi connectivity index (χ1n) is 4.19. The van der Waals surface area contributed by atoms with Crippen LogP contribution >= 0.6 is 0 Å². The first-order chi connectivity index (χ1) is 6.29. The molecule has 4 heteroatoms. The molecule has 13 heavy (non-hydrogen) atoms. The fourth-order valence-corrected chi connectivity index (χ4v) is 1.14. The van der Waals surface area contributed by atoms with E-state index in [0.29, 0.717) is 19.0 Å². The lowest BCUT2D eigenvalue weighted by Gasteiger charge is -2.27. The SMILES string of the molecule is COCCC=C1OC(=O)[C@H]1COC. The van der Waals surface area contributed by atoms with Crippen molar-refractivity contribution in [2.75, 3.05) is 27.4 Å². The van der Waals surface area contributed by atoms with Gasteiger partial charge in [0, 0.05) is 20.8 Å². The highest BCUT2D eigenvalue weighted by molar-refractivity contribution is 5.83. The van der Waals surface area contributed by atoms with E-state index in [4.69, 9.17) is 14.2 Å². The van der Waals surface area contributed by atoms with Crippen LogP contribution in [0.1, 0.15) is 6.42 Å². The van der Waals surface area contributed by atoms with Crippen LogP contribution in [0.5, 0.6) is 0 Å². The van der Waals surface area contributed by atoms with Crippen LogP contribution in [0.2, 0.25) is 0 Å². The van der Waals surface area contributed by atoms with Gasteiger partial charge in [-0.25, -0.2) is 0 Å². The lowest BCUT2D eigenvalue weighted by molar-refractivity contribution is -0.159. The van der Waals surface area contributed by atoms with Gasteiger partial charge in [0.05, 0.1) is 6.61 Å². The Hall–Kier alpha value is -0.870. The van der Waals surface area contributed by atoms with Crippen molar-refractivity contribution in [2.45, 2.75) is 6.42 Å². The maximum Gasteiger partial charge on any atom is 0.324 e. The Labute approximate surface area is 77.5 Å². The topological polar surface area (TPSA) is 44.8 Å². The van der Waals surface area contributed by atoms with E-state index in [2.05, 4.69) is 0 Å². The van der Waals surface area contributed by atoms with E-state index in [9.17, 15) is 4.79 Å². The van der Waals surface area contributed by atoms with Crippen LogP contribution in [0.15, 0.2) is 11.8 Å². The molecule has 1 fully saturated rings. The minimum atomic E-state index is -0.203. The number of rotatable bonds is 5. The molecule has 1 atom stereocenters. The van der Waals surface area contributed by atoms with Gasteiger partial charge in [0.15, 0.2) is 0 Å². The lowest BCUT2D eigenvalue weighted by atomic mass is 10.0. The summed E-state index contributed by atoms with van der Waals surface area (Å²) in [5.74, 6) is 0.316. The molecule has 1 rings (SSSR count). The summed E-state index contributed by atoms with van der Waals surface area (Å²) in [6.45, 7) is 1.04. The van der Waals surface area contributed by atoms with E-state index in [1.807, 2.05) is 6.08 Å². The Morgan fingerprint density at radius 3 is 2.77 bits per heavy atom. The van der Waals surface area contributed by atoms with Gasteiger partial charge in [-0.1, -0.05) is 0 Å². The number of hydrogen-bond acceptors (Lipinski definition) is 4.